The largest absolute Gasteiger partial charge is 0.306 e. The molecule has 3 aromatic carbocycles. The molecule has 0 fully saturated rings. The Kier molecular flexibility index (Phi) is 4.42. The summed E-state index contributed by atoms with van der Waals surface area (Å²) in [6.07, 6.45) is 1.47. The van der Waals surface area contributed by atoms with Gasteiger partial charge in [-0.3, -0.25) is 4.99 Å². The molecule has 0 aromatic heterocycles. The first-order valence-electron chi connectivity index (χ1n) is 7.32. The highest BCUT2D eigenvalue weighted by Crippen LogP contribution is 2.21. The summed E-state index contributed by atoms with van der Waals surface area (Å²) in [6, 6.07) is 28.5. The van der Waals surface area contributed by atoms with Crippen molar-refractivity contribution >= 4 is 6.21 Å². The van der Waals surface area contributed by atoms with E-state index in [2.05, 4.69) is 29.3 Å². The second-order valence-corrected chi connectivity index (χ2v) is 5.12. The second kappa shape index (κ2) is 6.83. The Bertz CT molecular complexity index is 732. The van der Waals surface area contributed by atoms with Crippen molar-refractivity contribution in [3.63, 3.8) is 0 Å². The van der Waals surface area contributed by atoms with Gasteiger partial charge in [-0.2, -0.15) is 0 Å². The van der Waals surface area contributed by atoms with Gasteiger partial charge in [-0.25, -0.2) is 0 Å². The van der Waals surface area contributed by atoms with Gasteiger partial charge in [-0.05, 0) is 22.3 Å². The highest BCUT2D eigenvalue weighted by molar-refractivity contribution is 5.79. The van der Waals surface area contributed by atoms with Crippen LogP contribution in [0.1, 0.15) is 17.3 Å². The lowest BCUT2D eigenvalue weighted by Crippen LogP contribution is -2.07. The number of nitrogens with two attached hydrogens (primary N) is 1. The van der Waals surface area contributed by atoms with Crippen LogP contribution in [-0.2, 0) is 0 Å². The minimum atomic E-state index is -0.343. The predicted molar refractivity (Wildman–Crippen MR) is 92.8 cm³/mol. The fraction of sp³-hybridized carbons (Fsp3) is 0.0500. The number of nitrogens with zero attached hydrogens (tertiary/aromatic N) is 1. The van der Waals surface area contributed by atoms with E-state index in [4.69, 9.17) is 5.73 Å². The smallest absolute Gasteiger partial charge is 0.123 e. The summed E-state index contributed by atoms with van der Waals surface area (Å²) in [7, 11) is 0. The number of hydrogen-bond donors (Lipinski definition) is 1. The van der Waals surface area contributed by atoms with E-state index in [0.717, 1.165) is 11.1 Å². The summed E-state index contributed by atoms with van der Waals surface area (Å²) in [5, 5.41) is 0. The third-order valence-electron chi connectivity index (χ3n) is 3.54. The average molecular weight is 286 g/mol. The maximum atomic E-state index is 6.13. The summed E-state index contributed by atoms with van der Waals surface area (Å²) in [5.74, 6) is 0. The first-order valence-corrected chi connectivity index (χ1v) is 7.32. The van der Waals surface area contributed by atoms with E-state index >= 15 is 0 Å². The van der Waals surface area contributed by atoms with E-state index in [1.54, 1.807) is 0 Å². The summed E-state index contributed by atoms with van der Waals surface area (Å²) >= 11 is 0. The van der Waals surface area contributed by atoms with Gasteiger partial charge in [0.05, 0.1) is 0 Å². The van der Waals surface area contributed by atoms with Crippen molar-refractivity contribution in [2.75, 3.05) is 0 Å². The van der Waals surface area contributed by atoms with E-state index in [1.807, 2.05) is 66.9 Å². The second-order valence-electron chi connectivity index (χ2n) is 5.12. The van der Waals surface area contributed by atoms with Gasteiger partial charge in [-0.15, -0.1) is 0 Å². The maximum Gasteiger partial charge on any atom is 0.123 e. The molecule has 3 rings (SSSR count). The van der Waals surface area contributed by atoms with Crippen LogP contribution in [-0.4, -0.2) is 6.21 Å². The van der Waals surface area contributed by atoms with Crippen molar-refractivity contribution in [1.29, 1.82) is 0 Å². The maximum absolute atomic E-state index is 6.13. The third-order valence-corrected chi connectivity index (χ3v) is 3.54. The monoisotopic (exact) mass is 286 g/mol. The van der Waals surface area contributed by atoms with Gasteiger partial charge in [0.1, 0.15) is 6.17 Å². The van der Waals surface area contributed by atoms with Crippen LogP contribution in [0, 0.1) is 0 Å². The van der Waals surface area contributed by atoms with Gasteiger partial charge in [0, 0.05) is 6.21 Å². The lowest BCUT2D eigenvalue weighted by molar-refractivity contribution is 0.781. The molecule has 0 spiro atoms. The zero-order valence-electron chi connectivity index (χ0n) is 12.3. The Morgan fingerprint density at radius 3 is 1.86 bits per heavy atom. The number of benzene rings is 3. The van der Waals surface area contributed by atoms with Crippen molar-refractivity contribution < 1.29 is 0 Å². The molecule has 3 aromatic rings. The van der Waals surface area contributed by atoms with E-state index < -0.39 is 0 Å². The molecule has 0 aliphatic rings. The summed E-state index contributed by atoms with van der Waals surface area (Å²) < 4.78 is 0. The first kappa shape index (κ1) is 14.2. The van der Waals surface area contributed by atoms with E-state index in [9.17, 15) is 0 Å². The summed E-state index contributed by atoms with van der Waals surface area (Å²) in [4.78, 5) is 4.42. The highest BCUT2D eigenvalue weighted by Gasteiger charge is 2.03. The molecule has 1 atom stereocenters. The van der Waals surface area contributed by atoms with Crippen molar-refractivity contribution in [3.05, 3.63) is 96.1 Å². The third kappa shape index (κ3) is 3.48. The molecular formula is C20H18N2. The van der Waals surface area contributed by atoms with Crippen molar-refractivity contribution in [3.8, 4) is 11.1 Å². The Morgan fingerprint density at radius 1 is 0.682 bits per heavy atom. The minimum Gasteiger partial charge on any atom is -0.306 e. The predicted octanol–water partition coefficient (Wildman–Crippen LogP) is 4.43. The van der Waals surface area contributed by atoms with Crippen LogP contribution in [0.4, 0.5) is 0 Å². The average Bonchev–Trinajstić information content (AvgIpc) is 2.61. The van der Waals surface area contributed by atoms with Crippen LogP contribution in [0.5, 0.6) is 0 Å². The molecular weight excluding hydrogens is 268 g/mol. The molecule has 2 nitrogen and oxygen atoms in total. The Labute approximate surface area is 131 Å². The fourth-order valence-corrected chi connectivity index (χ4v) is 2.29. The highest BCUT2D eigenvalue weighted by atomic mass is 14.9. The van der Waals surface area contributed by atoms with Gasteiger partial charge in [0.15, 0.2) is 0 Å². The molecule has 0 saturated carbocycles. The van der Waals surface area contributed by atoms with E-state index in [1.165, 1.54) is 11.1 Å². The molecule has 0 aliphatic carbocycles. The Morgan fingerprint density at radius 2 is 1.23 bits per heavy atom. The molecule has 22 heavy (non-hydrogen) atoms. The van der Waals surface area contributed by atoms with Crippen LogP contribution >= 0.6 is 0 Å². The van der Waals surface area contributed by atoms with E-state index in [0.29, 0.717) is 0 Å². The summed E-state index contributed by atoms with van der Waals surface area (Å²) in [5.41, 5.74) is 10.6. The molecule has 0 amide bonds. The zero-order chi connectivity index (χ0) is 15.2. The van der Waals surface area contributed by atoms with Crippen LogP contribution in [0.3, 0.4) is 0 Å². The molecule has 0 saturated heterocycles. The Hall–Kier alpha value is -2.71. The molecule has 2 N–H and O–H groups in total. The van der Waals surface area contributed by atoms with Crippen LogP contribution in [0.15, 0.2) is 89.9 Å². The van der Waals surface area contributed by atoms with Crippen LogP contribution in [0.25, 0.3) is 11.1 Å². The van der Waals surface area contributed by atoms with Crippen LogP contribution < -0.4 is 5.73 Å². The fourth-order valence-electron chi connectivity index (χ4n) is 2.29. The topological polar surface area (TPSA) is 38.4 Å². The van der Waals surface area contributed by atoms with Gasteiger partial charge < -0.3 is 5.73 Å². The van der Waals surface area contributed by atoms with Gasteiger partial charge >= 0.3 is 0 Å². The lowest BCUT2D eigenvalue weighted by atomic mass is 10.0. The zero-order valence-corrected chi connectivity index (χ0v) is 12.3. The number of aliphatic imine (C=N–C) groups is 1. The van der Waals surface area contributed by atoms with Gasteiger partial charge in [0.25, 0.3) is 0 Å². The molecule has 108 valence electrons. The van der Waals surface area contributed by atoms with Gasteiger partial charge in [0.2, 0.25) is 0 Å². The number of rotatable bonds is 4. The molecule has 0 aliphatic heterocycles. The SMILES string of the molecule is NC(N=Cc1ccccc1)c1ccc(-c2ccccc2)cc1. The van der Waals surface area contributed by atoms with Gasteiger partial charge in [-0.1, -0.05) is 84.9 Å². The quantitative estimate of drug-likeness (QED) is 0.708. The van der Waals surface area contributed by atoms with Crippen molar-refractivity contribution in [1.82, 2.24) is 0 Å². The summed E-state index contributed by atoms with van der Waals surface area (Å²) in [6.45, 7) is 0. The molecule has 0 heterocycles. The molecule has 1 unspecified atom stereocenters. The normalized spacial score (nSPS) is 12.4. The minimum absolute atomic E-state index is 0.343. The van der Waals surface area contributed by atoms with Crippen LogP contribution in [0.2, 0.25) is 0 Å². The molecule has 0 radical (unpaired) electrons. The standard InChI is InChI=1S/C20H18N2/c21-20(22-15-16-7-3-1-4-8-16)19-13-11-18(12-14-19)17-9-5-2-6-10-17/h1-15,20H,21H2. The van der Waals surface area contributed by atoms with Crippen molar-refractivity contribution in [2.45, 2.75) is 6.17 Å². The molecule has 0 bridgehead atoms. The Balaban J connectivity index is 1.74. The van der Waals surface area contributed by atoms with E-state index in [-0.39, 0.29) is 6.17 Å². The van der Waals surface area contributed by atoms with Crippen molar-refractivity contribution in [2.24, 2.45) is 10.7 Å². The number of hydrogen-bond acceptors (Lipinski definition) is 2. The first-order chi connectivity index (χ1) is 10.8. The lowest BCUT2D eigenvalue weighted by Gasteiger charge is -2.08. The molecule has 2 heteroatoms.